The molecule has 5 nitrogen and oxygen atoms in total. The smallest absolute Gasteiger partial charge is 0.223 e. The topological polar surface area (TPSA) is 61.6 Å². The number of piperidine rings is 1. The second kappa shape index (κ2) is 10.2. The molecule has 28 heavy (non-hydrogen) atoms. The molecule has 0 saturated carbocycles. The van der Waals surface area contributed by atoms with Crippen LogP contribution < -0.4 is 11.1 Å². The highest BCUT2D eigenvalue weighted by molar-refractivity contribution is 5.78. The van der Waals surface area contributed by atoms with Crippen molar-refractivity contribution in [2.24, 2.45) is 5.92 Å². The lowest BCUT2D eigenvalue weighted by molar-refractivity contribution is -0.126. The first-order chi connectivity index (χ1) is 13.6. The standard InChI is InChI=1S/C23H32N4O/c1-26(17-19-6-3-2-4-7-19)15-12-25-23(28)21-10-13-27(14-11-21)18-20-8-5-9-22(24)16-20/h2-9,16,21H,10-15,17-18,24H2,1H3,(H,25,28). The van der Waals surface area contributed by atoms with Crippen LogP contribution >= 0.6 is 0 Å². The molecule has 1 heterocycles. The minimum Gasteiger partial charge on any atom is -0.399 e. The number of likely N-dealkylation sites (N-methyl/N-ethyl adjacent to an activating group) is 1. The molecule has 0 bridgehead atoms. The number of nitrogens with one attached hydrogen (secondary N) is 1. The van der Waals surface area contributed by atoms with Gasteiger partial charge in [0.15, 0.2) is 0 Å². The summed E-state index contributed by atoms with van der Waals surface area (Å²) in [6.45, 7) is 5.28. The molecule has 0 atom stereocenters. The van der Waals surface area contributed by atoms with Gasteiger partial charge >= 0.3 is 0 Å². The number of hydrogen-bond acceptors (Lipinski definition) is 4. The Morgan fingerprint density at radius 3 is 2.54 bits per heavy atom. The molecule has 0 aromatic heterocycles. The summed E-state index contributed by atoms with van der Waals surface area (Å²) in [5.41, 5.74) is 9.21. The lowest BCUT2D eigenvalue weighted by Crippen LogP contribution is -2.42. The van der Waals surface area contributed by atoms with Crippen molar-refractivity contribution in [3.05, 3.63) is 65.7 Å². The van der Waals surface area contributed by atoms with Crippen LogP contribution in [0.1, 0.15) is 24.0 Å². The third-order valence-corrected chi connectivity index (χ3v) is 5.40. The van der Waals surface area contributed by atoms with Crippen LogP contribution in [-0.2, 0) is 17.9 Å². The van der Waals surface area contributed by atoms with Crippen molar-refractivity contribution < 1.29 is 4.79 Å². The van der Waals surface area contributed by atoms with E-state index in [4.69, 9.17) is 5.73 Å². The third-order valence-electron chi connectivity index (χ3n) is 5.40. The first-order valence-corrected chi connectivity index (χ1v) is 10.2. The minimum absolute atomic E-state index is 0.136. The molecule has 0 unspecified atom stereocenters. The highest BCUT2D eigenvalue weighted by Gasteiger charge is 2.24. The van der Waals surface area contributed by atoms with E-state index in [-0.39, 0.29) is 11.8 Å². The van der Waals surface area contributed by atoms with Crippen LogP contribution in [0.2, 0.25) is 0 Å². The van der Waals surface area contributed by atoms with E-state index in [0.717, 1.165) is 51.3 Å². The van der Waals surface area contributed by atoms with E-state index >= 15 is 0 Å². The molecule has 1 fully saturated rings. The fourth-order valence-electron chi connectivity index (χ4n) is 3.79. The van der Waals surface area contributed by atoms with Crippen molar-refractivity contribution in [1.82, 2.24) is 15.1 Å². The van der Waals surface area contributed by atoms with Crippen LogP contribution in [-0.4, -0.2) is 48.9 Å². The molecule has 1 amide bonds. The van der Waals surface area contributed by atoms with Crippen LogP contribution in [0.5, 0.6) is 0 Å². The number of amides is 1. The van der Waals surface area contributed by atoms with Crippen molar-refractivity contribution in [1.29, 1.82) is 0 Å². The molecule has 1 aliphatic rings. The van der Waals surface area contributed by atoms with Crippen molar-refractivity contribution in [2.75, 3.05) is 39.0 Å². The van der Waals surface area contributed by atoms with Gasteiger partial charge in [0.05, 0.1) is 0 Å². The summed E-state index contributed by atoms with van der Waals surface area (Å²) >= 11 is 0. The number of carbonyl (C=O) groups is 1. The largest absolute Gasteiger partial charge is 0.399 e. The van der Waals surface area contributed by atoms with E-state index in [1.54, 1.807) is 0 Å². The van der Waals surface area contributed by atoms with Crippen LogP contribution in [0.15, 0.2) is 54.6 Å². The van der Waals surface area contributed by atoms with Gasteiger partial charge in [0.2, 0.25) is 5.91 Å². The molecular weight excluding hydrogens is 348 g/mol. The monoisotopic (exact) mass is 380 g/mol. The molecule has 2 aromatic rings. The number of nitrogens with two attached hydrogens (primary N) is 1. The van der Waals surface area contributed by atoms with Crippen LogP contribution in [0.3, 0.4) is 0 Å². The minimum atomic E-state index is 0.136. The number of carbonyl (C=O) groups excluding carboxylic acids is 1. The second-order valence-corrected chi connectivity index (χ2v) is 7.81. The van der Waals surface area contributed by atoms with E-state index in [0.29, 0.717) is 6.54 Å². The lowest BCUT2D eigenvalue weighted by atomic mass is 9.95. The number of rotatable bonds is 8. The maximum Gasteiger partial charge on any atom is 0.223 e. The Hall–Kier alpha value is -2.37. The molecule has 0 spiro atoms. The zero-order chi connectivity index (χ0) is 19.8. The molecular formula is C23H32N4O. The molecule has 150 valence electrons. The summed E-state index contributed by atoms with van der Waals surface area (Å²) in [4.78, 5) is 17.1. The van der Waals surface area contributed by atoms with Crippen molar-refractivity contribution >= 4 is 11.6 Å². The SMILES string of the molecule is CN(CCNC(=O)C1CCN(Cc2cccc(N)c2)CC1)Cc1ccccc1. The zero-order valence-corrected chi connectivity index (χ0v) is 16.8. The fourth-order valence-corrected chi connectivity index (χ4v) is 3.79. The Morgan fingerprint density at radius 2 is 1.82 bits per heavy atom. The predicted octanol–water partition coefficient (Wildman–Crippen LogP) is 2.73. The van der Waals surface area contributed by atoms with E-state index < -0.39 is 0 Å². The molecule has 1 saturated heterocycles. The summed E-state index contributed by atoms with van der Waals surface area (Å²) in [6, 6.07) is 18.5. The highest BCUT2D eigenvalue weighted by Crippen LogP contribution is 2.20. The van der Waals surface area contributed by atoms with Gasteiger partial charge in [0, 0.05) is 37.8 Å². The number of nitrogens with zero attached hydrogens (tertiary/aromatic N) is 2. The zero-order valence-electron chi connectivity index (χ0n) is 16.8. The van der Waals surface area contributed by atoms with Gasteiger partial charge in [0.25, 0.3) is 0 Å². The Morgan fingerprint density at radius 1 is 1.11 bits per heavy atom. The van der Waals surface area contributed by atoms with E-state index in [2.05, 4.69) is 52.5 Å². The maximum atomic E-state index is 12.5. The lowest BCUT2D eigenvalue weighted by Gasteiger charge is -2.31. The van der Waals surface area contributed by atoms with Crippen LogP contribution in [0.25, 0.3) is 0 Å². The third kappa shape index (κ3) is 6.36. The van der Waals surface area contributed by atoms with Gasteiger partial charge in [-0.3, -0.25) is 9.69 Å². The van der Waals surface area contributed by atoms with E-state index in [1.807, 2.05) is 24.3 Å². The van der Waals surface area contributed by atoms with Gasteiger partial charge in [-0.1, -0.05) is 42.5 Å². The summed E-state index contributed by atoms with van der Waals surface area (Å²) in [6.07, 6.45) is 1.85. The molecule has 0 aliphatic carbocycles. The quantitative estimate of drug-likeness (QED) is 0.692. The molecule has 3 rings (SSSR count). The van der Waals surface area contributed by atoms with Gasteiger partial charge in [-0.05, 0) is 56.2 Å². The van der Waals surface area contributed by atoms with Crippen molar-refractivity contribution in [2.45, 2.75) is 25.9 Å². The van der Waals surface area contributed by atoms with Gasteiger partial charge < -0.3 is 16.0 Å². The normalized spacial score (nSPS) is 15.6. The number of likely N-dealkylation sites (tertiary alicyclic amines) is 1. The summed E-state index contributed by atoms with van der Waals surface area (Å²) in [5, 5.41) is 3.13. The van der Waals surface area contributed by atoms with E-state index in [1.165, 1.54) is 11.1 Å². The van der Waals surface area contributed by atoms with Crippen LogP contribution in [0.4, 0.5) is 5.69 Å². The number of hydrogen-bond donors (Lipinski definition) is 2. The molecule has 5 heteroatoms. The van der Waals surface area contributed by atoms with Gasteiger partial charge in [0.1, 0.15) is 0 Å². The first-order valence-electron chi connectivity index (χ1n) is 10.2. The average Bonchev–Trinajstić information content (AvgIpc) is 2.69. The molecule has 2 aromatic carbocycles. The van der Waals surface area contributed by atoms with Crippen LogP contribution in [0, 0.1) is 5.92 Å². The summed E-state index contributed by atoms with van der Waals surface area (Å²) in [7, 11) is 2.09. The van der Waals surface area contributed by atoms with Gasteiger partial charge in [-0.2, -0.15) is 0 Å². The average molecular weight is 381 g/mol. The fraction of sp³-hybridized carbons (Fsp3) is 0.435. The summed E-state index contributed by atoms with van der Waals surface area (Å²) in [5.74, 6) is 0.341. The number of nitrogen functional groups attached to an aromatic ring is 1. The van der Waals surface area contributed by atoms with Gasteiger partial charge in [-0.15, -0.1) is 0 Å². The van der Waals surface area contributed by atoms with Crippen molar-refractivity contribution in [3.8, 4) is 0 Å². The number of benzene rings is 2. The summed E-state index contributed by atoms with van der Waals surface area (Å²) < 4.78 is 0. The second-order valence-electron chi connectivity index (χ2n) is 7.81. The van der Waals surface area contributed by atoms with E-state index in [9.17, 15) is 4.79 Å². The van der Waals surface area contributed by atoms with Crippen molar-refractivity contribution in [3.63, 3.8) is 0 Å². The predicted molar refractivity (Wildman–Crippen MR) is 115 cm³/mol. The Bertz CT molecular complexity index is 741. The maximum absolute atomic E-state index is 12.5. The Balaban J connectivity index is 1.33. The molecule has 0 radical (unpaired) electrons. The molecule has 1 aliphatic heterocycles. The number of anilines is 1. The first kappa shape index (κ1) is 20.4. The highest BCUT2D eigenvalue weighted by atomic mass is 16.1. The Labute approximate surface area is 168 Å². The Kier molecular flexibility index (Phi) is 7.46. The molecule has 3 N–H and O–H groups in total. The van der Waals surface area contributed by atoms with Gasteiger partial charge in [-0.25, -0.2) is 0 Å².